The first-order valence-corrected chi connectivity index (χ1v) is 9.25. The van der Waals surface area contributed by atoms with Crippen LogP contribution < -0.4 is 0 Å². The fourth-order valence-electron chi connectivity index (χ4n) is 4.75. The van der Waals surface area contributed by atoms with E-state index in [1.165, 1.54) is 6.08 Å². The van der Waals surface area contributed by atoms with E-state index in [1.807, 2.05) is 23.1 Å². The number of rotatable bonds is 3. The number of fused-ring (bicyclic) bond motifs is 3. The third-order valence-corrected chi connectivity index (χ3v) is 5.94. The van der Waals surface area contributed by atoms with Gasteiger partial charge in [0.2, 0.25) is 5.91 Å². The van der Waals surface area contributed by atoms with Crippen molar-refractivity contribution < 1.29 is 9.90 Å². The number of phenolic OH excluding ortho intramolecular Hbond substituents is 1. The van der Waals surface area contributed by atoms with E-state index in [4.69, 9.17) is 0 Å². The summed E-state index contributed by atoms with van der Waals surface area (Å²) < 4.78 is 0. The molecule has 2 bridgehead atoms. The van der Waals surface area contributed by atoms with Gasteiger partial charge in [0.15, 0.2) is 5.65 Å². The lowest BCUT2D eigenvalue weighted by Crippen LogP contribution is -2.34. The monoisotopic (exact) mass is 360 g/mol. The van der Waals surface area contributed by atoms with E-state index in [0.717, 1.165) is 36.0 Å². The Hall–Kier alpha value is -3.15. The molecule has 2 aliphatic heterocycles. The number of amides is 1. The highest BCUT2D eigenvalue weighted by Gasteiger charge is 2.48. The average molecular weight is 360 g/mol. The van der Waals surface area contributed by atoms with Gasteiger partial charge in [-0.2, -0.15) is 0 Å². The van der Waals surface area contributed by atoms with Crippen LogP contribution in [0.1, 0.15) is 30.9 Å². The lowest BCUT2D eigenvalue weighted by molar-refractivity contribution is -0.127. The Labute approximate surface area is 156 Å². The van der Waals surface area contributed by atoms with E-state index in [2.05, 4.69) is 27.8 Å². The van der Waals surface area contributed by atoms with E-state index in [0.29, 0.717) is 17.3 Å². The Balaban J connectivity index is 1.50. The normalized spacial score (nSPS) is 23.9. The van der Waals surface area contributed by atoms with Crippen LogP contribution in [0.3, 0.4) is 0 Å². The minimum atomic E-state index is 0.0303. The maximum atomic E-state index is 12.2. The van der Waals surface area contributed by atoms with E-state index >= 15 is 0 Å². The highest BCUT2D eigenvalue weighted by atomic mass is 16.3. The zero-order valence-electron chi connectivity index (χ0n) is 14.8. The molecule has 2 fully saturated rings. The van der Waals surface area contributed by atoms with Crippen molar-refractivity contribution in [2.45, 2.75) is 37.3 Å². The van der Waals surface area contributed by atoms with Gasteiger partial charge in [-0.15, -0.1) is 10.2 Å². The van der Waals surface area contributed by atoms with Crippen LogP contribution in [0.2, 0.25) is 0 Å². The number of carbonyl (C=O) groups is 1. The zero-order chi connectivity index (χ0) is 18.5. The summed E-state index contributed by atoms with van der Waals surface area (Å²) in [5, 5.41) is 19.6. The molecule has 1 amide bonds. The molecule has 4 heterocycles. The summed E-state index contributed by atoms with van der Waals surface area (Å²) in [5.41, 5.74) is 3.14. The molecule has 2 saturated heterocycles. The molecule has 136 valence electrons. The van der Waals surface area contributed by atoms with Crippen LogP contribution in [0.4, 0.5) is 0 Å². The molecule has 3 aromatic rings. The molecular weight excluding hydrogens is 340 g/mol. The Morgan fingerprint density at radius 2 is 2.11 bits per heavy atom. The van der Waals surface area contributed by atoms with Crippen molar-refractivity contribution in [1.82, 2.24) is 20.1 Å². The number of aromatic nitrogens is 3. The summed E-state index contributed by atoms with van der Waals surface area (Å²) in [6, 6.07) is 11.7. The molecule has 0 spiro atoms. The van der Waals surface area contributed by atoms with Gasteiger partial charge in [0.05, 0.1) is 5.69 Å². The van der Waals surface area contributed by atoms with Crippen LogP contribution in [0.5, 0.6) is 5.75 Å². The van der Waals surface area contributed by atoms with Gasteiger partial charge in [-0.1, -0.05) is 18.7 Å². The topological polar surface area (TPSA) is 82.1 Å². The van der Waals surface area contributed by atoms with Gasteiger partial charge in [0.25, 0.3) is 0 Å². The zero-order valence-corrected chi connectivity index (χ0v) is 14.8. The number of para-hydroxylation sites is 1. The molecule has 2 aromatic heterocycles. The summed E-state index contributed by atoms with van der Waals surface area (Å²) in [4.78, 5) is 17.6. The van der Waals surface area contributed by atoms with E-state index in [-0.39, 0.29) is 23.6 Å². The number of hydrogen-bond donors (Lipinski definition) is 2. The van der Waals surface area contributed by atoms with Gasteiger partial charge in [-0.25, -0.2) is 0 Å². The molecule has 3 atom stereocenters. The molecule has 0 aliphatic carbocycles. The fraction of sp³-hybridized carbons (Fsp3) is 0.286. The van der Waals surface area contributed by atoms with Gasteiger partial charge in [0, 0.05) is 34.6 Å². The van der Waals surface area contributed by atoms with Crippen LogP contribution in [0.15, 0.2) is 49.1 Å². The van der Waals surface area contributed by atoms with Gasteiger partial charge in [0.1, 0.15) is 5.75 Å². The summed E-state index contributed by atoms with van der Waals surface area (Å²) in [5.74, 6) is 0.506. The molecule has 0 radical (unpaired) electrons. The van der Waals surface area contributed by atoms with Crippen LogP contribution in [0, 0.1) is 0 Å². The Kier molecular flexibility index (Phi) is 3.53. The number of carbonyl (C=O) groups excluding carboxylic acids is 1. The van der Waals surface area contributed by atoms with Crippen molar-refractivity contribution >= 4 is 16.9 Å². The minimum Gasteiger partial charge on any atom is -0.507 e. The van der Waals surface area contributed by atoms with Crippen molar-refractivity contribution in [2.24, 2.45) is 0 Å². The maximum Gasteiger partial charge on any atom is 0.246 e. The highest BCUT2D eigenvalue weighted by Crippen LogP contribution is 2.47. The largest absolute Gasteiger partial charge is 0.507 e. The van der Waals surface area contributed by atoms with E-state index in [9.17, 15) is 9.90 Å². The quantitative estimate of drug-likeness (QED) is 0.702. The second-order valence-electron chi connectivity index (χ2n) is 7.37. The molecule has 2 aliphatic rings. The smallest absolute Gasteiger partial charge is 0.246 e. The number of H-pyrrole nitrogens is 1. The Morgan fingerprint density at radius 3 is 2.93 bits per heavy atom. The molecule has 3 unspecified atom stereocenters. The van der Waals surface area contributed by atoms with Crippen LogP contribution in [-0.2, 0) is 4.79 Å². The Bertz CT molecular complexity index is 1060. The SMILES string of the molecule is C=CC(=O)N1C2CCC1C(c1cc3cc(-c4ccccc4O)nnc3[nH]1)C2. The highest BCUT2D eigenvalue weighted by molar-refractivity contribution is 5.88. The summed E-state index contributed by atoms with van der Waals surface area (Å²) in [6.45, 7) is 3.64. The lowest BCUT2D eigenvalue weighted by atomic mass is 9.87. The molecule has 6 nitrogen and oxygen atoms in total. The number of aromatic hydroxyl groups is 1. The predicted molar refractivity (Wildman–Crippen MR) is 102 cm³/mol. The number of nitrogens with zero attached hydrogens (tertiary/aromatic N) is 3. The second-order valence-corrected chi connectivity index (χ2v) is 7.37. The first kappa shape index (κ1) is 16.1. The summed E-state index contributed by atoms with van der Waals surface area (Å²) in [6.07, 6.45) is 4.48. The average Bonchev–Trinajstić information content (AvgIpc) is 3.39. The molecule has 5 rings (SSSR count). The number of phenols is 1. The number of benzene rings is 1. The van der Waals surface area contributed by atoms with Crippen molar-refractivity contribution in [2.75, 3.05) is 0 Å². The van der Waals surface area contributed by atoms with Gasteiger partial charge in [-0.05, 0) is 49.6 Å². The van der Waals surface area contributed by atoms with Crippen molar-refractivity contribution in [1.29, 1.82) is 0 Å². The molecule has 6 heteroatoms. The third-order valence-electron chi connectivity index (χ3n) is 5.94. The van der Waals surface area contributed by atoms with Crippen LogP contribution in [0.25, 0.3) is 22.3 Å². The molecule has 0 saturated carbocycles. The lowest BCUT2D eigenvalue weighted by Gasteiger charge is -2.22. The van der Waals surface area contributed by atoms with Gasteiger partial charge >= 0.3 is 0 Å². The number of nitrogens with one attached hydrogen (secondary N) is 1. The molecule has 2 N–H and O–H groups in total. The van der Waals surface area contributed by atoms with Gasteiger partial charge in [-0.3, -0.25) is 4.79 Å². The van der Waals surface area contributed by atoms with E-state index in [1.54, 1.807) is 12.1 Å². The fourth-order valence-corrected chi connectivity index (χ4v) is 4.75. The second kappa shape index (κ2) is 5.94. The van der Waals surface area contributed by atoms with Crippen molar-refractivity contribution in [3.63, 3.8) is 0 Å². The third kappa shape index (κ3) is 2.44. The molecule has 27 heavy (non-hydrogen) atoms. The summed E-state index contributed by atoms with van der Waals surface area (Å²) >= 11 is 0. The molecule has 1 aromatic carbocycles. The standard InChI is InChI=1S/C21H20N4O2/c1-2-20(27)25-13-7-8-18(25)15(11-13)16-9-12-10-17(23-24-21(12)22-16)14-5-3-4-6-19(14)26/h2-6,9-10,13,15,18,26H,1,7-8,11H2,(H,22,24). The van der Waals surface area contributed by atoms with Crippen molar-refractivity contribution in [3.8, 4) is 17.0 Å². The van der Waals surface area contributed by atoms with Crippen LogP contribution >= 0.6 is 0 Å². The number of aromatic amines is 1. The van der Waals surface area contributed by atoms with Gasteiger partial charge < -0.3 is 15.0 Å². The molecular formula is C21H20N4O2. The maximum absolute atomic E-state index is 12.2. The first-order valence-electron chi connectivity index (χ1n) is 9.25. The predicted octanol–water partition coefficient (Wildman–Crippen LogP) is 3.36. The van der Waals surface area contributed by atoms with Crippen molar-refractivity contribution in [3.05, 3.63) is 54.7 Å². The number of hydrogen-bond acceptors (Lipinski definition) is 4. The van der Waals surface area contributed by atoms with E-state index < -0.39 is 0 Å². The van der Waals surface area contributed by atoms with Crippen LogP contribution in [-0.4, -0.2) is 43.2 Å². The Morgan fingerprint density at radius 1 is 1.26 bits per heavy atom. The first-order chi connectivity index (χ1) is 13.2. The summed E-state index contributed by atoms with van der Waals surface area (Å²) in [7, 11) is 0. The minimum absolute atomic E-state index is 0.0303.